The van der Waals surface area contributed by atoms with Crippen molar-refractivity contribution < 1.29 is 26.3 Å². The first-order valence-corrected chi connectivity index (χ1v) is 2.99. The highest BCUT2D eigenvalue weighted by Crippen LogP contribution is 2.40. The standard InChI is InChI=1S/C6H7F6/c1-3(2)5(8,9)4(7)6(10,11)12/h4H,1-2H3. The Morgan fingerprint density at radius 2 is 1.33 bits per heavy atom. The summed E-state index contributed by atoms with van der Waals surface area (Å²) in [5.74, 6) is -5.33. The lowest BCUT2D eigenvalue weighted by atomic mass is 10.0. The van der Waals surface area contributed by atoms with Crippen LogP contribution in [0, 0.1) is 5.92 Å². The van der Waals surface area contributed by atoms with Gasteiger partial charge in [0, 0.05) is 5.92 Å². The van der Waals surface area contributed by atoms with Gasteiger partial charge in [0.1, 0.15) is 0 Å². The average Bonchev–Trinajstić information content (AvgIpc) is 1.83. The quantitative estimate of drug-likeness (QED) is 0.591. The van der Waals surface area contributed by atoms with E-state index in [4.69, 9.17) is 0 Å². The minimum Gasteiger partial charge on any atom is -0.231 e. The van der Waals surface area contributed by atoms with Gasteiger partial charge >= 0.3 is 6.18 Å². The summed E-state index contributed by atoms with van der Waals surface area (Å²) in [6.07, 6.45) is -9.63. The molecule has 1 unspecified atom stereocenters. The largest absolute Gasteiger partial charge is 0.425 e. The third-order valence-electron chi connectivity index (χ3n) is 1.27. The molecule has 0 aliphatic carbocycles. The van der Waals surface area contributed by atoms with E-state index in [-0.39, 0.29) is 0 Å². The van der Waals surface area contributed by atoms with Crippen LogP contribution in [-0.2, 0) is 0 Å². The molecule has 0 saturated heterocycles. The molecule has 0 aromatic heterocycles. The average molecular weight is 193 g/mol. The van der Waals surface area contributed by atoms with Crippen molar-refractivity contribution in [1.29, 1.82) is 0 Å². The smallest absolute Gasteiger partial charge is 0.231 e. The van der Waals surface area contributed by atoms with Crippen LogP contribution >= 0.6 is 0 Å². The minimum atomic E-state index is -5.51. The fourth-order valence-electron chi connectivity index (χ4n) is 0.459. The fraction of sp³-hybridized carbons (Fsp3) is 0.833. The molecule has 0 N–H and O–H groups in total. The van der Waals surface area contributed by atoms with Crippen LogP contribution in [0.4, 0.5) is 26.3 Å². The molecule has 73 valence electrons. The van der Waals surface area contributed by atoms with Gasteiger partial charge in [0.05, 0.1) is 0 Å². The summed E-state index contributed by atoms with van der Waals surface area (Å²) in [5.41, 5.74) is 0. The molecule has 0 bridgehead atoms. The van der Waals surface area contributed by atoms with Crippen molar-refractivity contribution in [3.8, 4) is 0 Å². The van der Waals surface area contributed by atoms with E-state index >= 15 is 0 Å². The summed E-state index contributed by atoms with van der Waals surface area (Å²) < 4.78 is 71.0. The lowest BCUT2D eigenvalue weighted by Gasteiger charge is -2.25. The SMILES string of the molecule is C[C](C)C(F)(F)C(F)C(F)(F)F. The van der Waals surface area contributed by atoms with Gasteiger partial charge in [-0.25, -0.2) is 13.2 Å². The maximum Gasteiger partial charge on any atom is 0.425 e. The van der Waals surface area contributed by atoms with E-state index in [1.807, 2.05) is 0 Å². The van der Waals surface area contributed by atoms with Crippen LogP contribution in [0.25, 0.3) is 0 Å². The Morgan fingerprint density at radius 3 is 1.42 bits per heavy atom. The van der Waals surface area contributed by atoms with Crippen molar-refractivity contribution in [2.45, 2.75) is 32.1 Å². The van der Waals surface area contributed by atoms with Crippen LogP contribution in [0.3, 0.4) is 0 Å². The van der Waals surface area contributed by atoms with Gasteiger partial charge in [0.2, 0.25) is 0 Å². The summed E-state index contributed by atoms with van der Waals surface area (Å²) in [5, 5.41) is 0. The van der Waals surface area contributed by atoms with Crippen LogP contribution in [0.2, 0.25) is 0 Å². The molecule has 0 nitrogen and oxygen atoms in total. The maximum absolute atomic E-state index is 12.3. The molecule has 0 saturated carbocycles. The number of hydrogen-bond donors (Lipinski definition) is 0. The summed E-state index contributed by atoms with van der Waals surface area (Å²) in [7, 11) is 0. The molecule has 12 heavy (non-hydrogen) atoms. The number of hydrogen-bond acceptors (Lipinski definition) is 0. The van der Waals surface area contributed by atoms with Crippen LogP contribution in [0.15, 0.2) is 0 Å². The van der Waals surface area contributed by atoms with E-state index in [9.17, 15) is 26.3 Å². The topological polar surface area (TPSA) is 0 Å². The van der Waals surface area contributed by atoms with E-state index in [0.717, 1.165) is 13.8 Å². The molecule has 0 fully saturated rings. The Labute approximate surface area is 65.6 Å². The Kier molecular flexibility index (Phi) is 3.03. The van der Waals surface area contributed by atoms with E-state index in [0.29, 0.717) is 0 Å². The van der Waals surface area contributed by atoms with Crippen molar-refractivity contribution in [2.75, 3.05) is 0 Å². The highest BCUT2D eigenvalue weighted by Gasteiger charge is 2.58. The first kappa shape index (κ1) is 11.6. The summed E-state index contributed by atoms with van der Waals surface area (Å²) >= 11 is 0. The minimum absolute atomic E-state index is 0.748. The zero-order chi connectivity index (χ0) is 10.2. The lowest BCUT2D eigenvalue weighted by molar-refractivity contribution is -0.238. The fourth-order valence-corrected chi connectivity index (χ4v) is 0.459. The summed E-state index contributed by atoms with van der Waals surface area (Å²) in [6.45, 7) is 1.50. The monoisotopic (exact) mass is 193 g/mol. The van der Waals surface area contributed by atoms with Crippen molar-refractivity contribution in [1.82, 2.24) is 0 Å². The predicted molar refractivity (Wildman–Crippen MR) is 30.5 cm³/mol. The first-order valence-electron chi connectivity index (χ1n) is 2.99. The number of halogens is 6. The Bertz CT molecular complexity index is 147. The van der Waals surface area contributed by atoms with Crippen molar-refractivity contribution in [3.05, 3.63) is 5.92 Å². The second-order valence-corrected chi connectivity index (χ2v) is 2.53. The second-order valence-electron chi connectivity index (χ2n) is 2.53. The molecule has 0 aliphatic heterocycles. The van der Waals surface area contributed by atoms with Crippen LogP contribution in [-0.4, -0.2) is 18.3 Å². The molecule has 6 heteroatoms. The molecule has 1 radical (unpaired) electrons. The third kappa shape index (κ3) is 2.28. The Morgan fingerprint density at radius 1 is 1.00 bits per heavy atom. The molecule has 0 amide bonds. The highest BCUT2D eigenvalue weighted by molar-refractivity contribution is 5.01. The molecular weight excluding hydrogens is 186 g/mol. The van der Waals surface area contributed by atoms with E-state index in [1.165, 1.54) is 0 Å². The number of alkyl halides is 6. The van der Waals surface area contributed by atoms with Gasteiger partial charge in [-0.15, -0.1) is 0 Å². The van der Waals surface area contributed by atoms with Gasteiger partial charge in [-0.3, -0.25) is 0 Å². The zero-order valence-corrected chi connectivity index (χ0v) is 6.35. The predicted octanol–water partition coefficient (Wildman–Crippen LogP) is 3.14. The first-order chi connectivity index (χ1) is 5.10. The van der Waals surface area contributed by atoms with Gasteiger partial charge in [-0.2, -0.15) is 13.2 Å². The molecular formula is C6H7F6. The van der Waals surface area contributed by atoms with Gasteiger partial charge < -0.3 is 0 Å². The molecule has 0 rings (SSSR count). The van der Waals surface area contributed by atoms with Crippen LogP contribution in [0.5, 0.6) is 0 Å². The van der Waals surface area contributed by atoms with Gasteiger partial charge in [-0.05, 0) is 0 Å². The Hall–Kier alpha value is -0.420. The van der Waals surface area contributed by atoms with Crippen molar-refractivity contribution in [2.24, 2.45) is 0 Å². The van der Waals surface area contributed by atoms with Gasteiger partial charge in [0.25, 0.3) is 12.1 Å². The van der Waals surface area contributed by atoms with Gasteiger partial charge in [0.15, 0.2) is 0 Å². The molecule has 1 atom stereocenters. The lowest BCUT2D eigenvalue weighted by Crippen LogP contribution is -2.44. The van der Waals surface area contributed by atoms with Crippen LogP contribution < -0.4 is 0 Å². The summed E-state index contributed by atoms with van der Waals surface area (Å²) in [4.78, 5) is 0. The van der Waals surface area contributed by atoms with E-state index < -0.39 is 24.2 Å². The van der Waals surface area contributed by atoms with Gasteiger partial charge in [-0.1, -0.05) is 13.8 Å². The molecule has 0 spiro atoms. The zero-order valence-electron chi connectivity index (χ0n) is 6.35. The molecule has 0 aromatic rings. The summed E-state index contributed by atoms with van der Waals surface area (Å²) in [6, 6.07) is 0. The number of rotatable bonds is 2. The molecule has 0 aliphatic rings. The van der Waals surface area contributed by atoms with Crippen molar-refractivity contribution >= 4 is 0 Å². The Balaban J connectivity index is 4.57. The van der Waals surface area contributed by atoms with E-state index in [1.54, 1.807) is 0 Å². The maximum atomic E-state index is 12.3. The molecule has 0 aromatic carbocycles. The third-order valence-corrected chi connectivity index (χ3v) is 1.27. The highest BCUT2D eigenvalue weighted by atomic mass is 19.4. The van der Waals surface area contributed by atoms with E-state index in [2.05, 4.69) is 0 Å². The van der Waals surface area contributed by atoms with Crippen LogP contribution in [0.1, 0.15) is 13.8 Å². The van der Waals surface area contributed by atoms with Crippen molar-refractivity contribution in [3.63, 3.8) is 0 Å². The normalized spacial score (nSPS) is 16.8. The second kappa shape index (κ2) is 3.14. The molecule has 0 heterocycles.